The first-order valence-corrected chi connectivity index (χ1v) is 5.50. The minimum Gasteiger partial charge on any atom is -0.463 e. The third-order valence-electron chi connectivity index (χ3n) is 2.55. The Bertz CT molecular complexity index is 257. The van der Waals surface area contributed by atoms with Crippen molar-refractivity contribution in [2.75, 3.05) is 6.61 Å². The molecule has 1 heterocycles. The van der Waals surface area contributed by atoms with E-state index in [1.165, 1.54) is 0 Å². The zero-order chi connectivity index (χ0) is 13.0. The van der Waals surface area contributed by atoms with E-state index in [1.807, 2.05) is 6.92 Å². The van der Waals surface area contributed by atoms with Crippen LogP contribution in [0.1, 0.15) is 19.8 Å². The summed E-state index contributed by atoms with van der Waals surface area (Å²) in [5.74, 6) is -0.446. The smallest absolute Gasteiger partial charge is 0.305 e. The average molecular weight is 250 g/mol. The van der Waals surface area contributed by atoms with E-state index in [4.69, 9.17) is 9.47 Å². The highest BCUT2D eigenvalue weighted by molar-refractivity contribution is 5.69. The van der Waals surface area contributed by atoms with Gasteiger partial charge in [0.15, 0.2) is 6.29 Å². The zero-order valence-corrected chi connectivity index (χ0v) is 9.52. The summed E-state index contributed by atoms with van der Waals surface area (Å²) in [4.78, 5) is 11.1. The molecular formula is C10H18O7. The van der Waals surface area contributed by atoms with Crippen LogP contribution in [0.15, 0.2) is 0 Å². The summed E-state index contributed by atoms with van der Waals surface area (Å²) in [5.41, 5.74) is 0. The van der Waals surface area contributed by atoms with Crippen LogP contribution in [0.3, 0.4) is 0 Å². The maximum absolute atomic E-state index is 11.1. The fourth-order valence-corrected chi connectivity index (χ4v) is 1.52. The van der Waals surface area contributed by atoms with Crippen molar-refractivity contribution >= 4 is 5.97 Å². The van der Waals surface area contributed by atoms with Gasteiger partial charge in [0.25, 0.3) is 0 Å². The van der Waals surface area contributed by atoms with E-state index in [2.05, 4.69) is 0 Å². The summed E-state index contributed by atoms with van der Waals surface area (Å²) in [5, 5.41) is 37.3. The minimum atomic E-state index is -1.61. The fraction of sp³-hybridized carbons (Fsp3) is 0.900. The lowest BCUT2D eigenvalue weighted by Crippen LogP contribution is -2.58. The molecule has 0 aliphatic carbocycles. The van der Waals surface area contributed by atoms with Crippen molar-refractivity contribution in [2.24, 2.45) is 0 Å². The lowest BCUT2D eigenvalue weighted by atomic mass is 9.99. The predicted molar refractivity (Wildman–Crippen MR) is 54.8 cm³/mol. The molecule has 7 nitrogen and oxygen atoms in total. The van der Waals surface area contributed by atoms with E-state index in [0.29, 0.717) is 6.42 Å². The van der Waals surface area contributed by atoms with Gasteiger partial charge in [-0.15, -0.1) is 0 Å². The summed E-state index contributed by atoms with van der Waals surface area (Å²) in [6.07, 6.45) is -6.30. The molecule has 0 saturated carbocycles. The molecule has 4 N–H and O–H groups in total. The van der Waals surface area contributed by atoms with Crippen LogP contribution in [0, 0.1) is 0 Å². The third-order valence-corrected chi connectivity index (χ3v) is 2.55. The second-order valence-corrected chi connectivity index (χ2v) is 3.97. The molecule has 7 heteroatoms. The monoisotopic (exact) mass is 250 g/mol. The minimum absolute atomic E-state index is 0.247. The normalized spacial score (nSPS) is 37.8. The number of ether oxygens (including phenoxy) is 2. The molecular weight excluding hydrogens is 232 g/mol. The molecule has 17 heavy (non-hydrogen) atoms. The van der Waals surface area contributed by atoms with Crippen LogP contribution < -0.4 is 0 Å². The molecule has 1 aliphatic rings. The van der Waals surface area contributed by atoms with Gasteiger partial charge in [0.1, 0.15) is 31.0 Å². The second kappa shape index (κ2) is 6.27. The molecule has 1 aliphatic heterocycles. The van der Waals surface area contributed by atoms with Crippen molar-refractivity contribution in [3.05, 3.63) is 0 Å². The topological polar surface area (TPSA) is 116 Å². The Morgan fingerprint density at radius 3 is 2.41 bits per heavy atom. The van der Waals surface area contributed by atoms with Gasteiger partial charge < -0.3 is 29.9 Å². The highest BCUT2D eigenvalue weighted by Gasteiger charge is 2.43. The SMILES string of the molecule is CCCC(=O)OC[C@H]1O[C@H](O)[C@@H](O)[C@@H](O)[C@@H]1O. The van der Waals surface area contributed by atoms with Crippen LogP contribution in [0.25, 0.3) is 0 Å². The second-order valence-electron chi connectivity index (χ2n) is 3.97. The summed E-state index contributed by atoms with van der Waals surface area (Å²) in [6, 6.07) is 0. The molecule has 100 valence electrons. The van der Waals surface area contributed by atoms with Gasteiger partial charge in [0, 0.05) is 6.42 Å². The van der Waals surface area contributed by atoms with E-state index in [-0.39, 0.29) is 13.0 Å². The van der Waals surface area contributed by atoms with Crippen LogP contribution in [0.4, 0.5) is 0 Å². The molecule has 0 aromatic rings. The maximum Gasteiger partial charge on any atom is 0.305 e. The highest BCUT2D eigenvalue weighted by Crippen LogP contribution is 2.20. The highest BCUT2D eigenvalue weighted by atomic mass is 16.6. The van der Waals surface area contributed by atoms with Gasteiger partial charge in [0.2, 0.25) is 0 Å². The lowest BCUT2D eigenvalue weighted by Gasteiger charge is -2.37. The van der Waals surface area contributed by atoms with Crippen LogP contribution in [-0.4, -0.2) is 63.7 Å². The van der Waals surface area contributed by atoms with Gasteiger partial charge >= 0.3 is 5.97 Å². The number of aliphatic hydroxyl groups excluding tert-OH is 4. The first-order chi connectivity index (χ1) is 7.97. The molecule has 1 saturated heterocycles. The van der Waals surface area contributed by atoms with E-state index in [0.717, 1.165) is 0 Å². The number of aliphatic hydroxyl groups is 4. The molecule has 1 fully saturated rings. The number of esters is 1. The number of carbonyl (C=O) groups excluding carboxylic acids is 1. The first-order valence-electron chi connectivity index (χ1n) is 5.50. The molecule has 0 spiro atoms. The Morgan fingerprint density at radius 1 is 1.18 bits per heavy atom. The van der Waals surface area contributed by atoms with Gasteiger partial charge in [-0.3, -0.25) is 4.79 Å². The maximum atomic E-state index is 11.1. The van der Waals surface area contributed by atoms with Gasteiger partial charge in [-0.25, -0.2) is 0 Å². The molecule has 0 unspecified atom stereocenters. The van der Waals surface area contributed by atoms with Crippen molar-refractivity contribution in [2.45, 2.75) is 50.5 Å². The molecule has 1 rings (SSSR count). The summed E-state index contributed by atoms with van der Waals surface area (Å²) in [6.45, 7) is 1.54. The first kappa shape index (κ1) is 14.3. The van der Waals surface area contributed by atoms with Crippen LogP contribution >= 0.6 is 0 Å². The van der Waals surface area contributed by atoms with Gasteiger partial charge in [-0.1, -0.05) is 6.92 Å². The largest absolute Gasteiger partial charge is 0.463 e. The van der Waals surface area contributed by atoms with Crippen molar-refractivity contribution in [3.8, 4) is 0 Å². The molecule has 0 aromatic heterocycles. The molecule has 0 radical (unpaired) electrons. The zero-order valence-electron chi connectivity index (χ0n) is 9.52. The van der Waals surface area contributed by atoms with Crippen molar-refractivity contribution in [3.63, 3.8) is 0 Å². The average Bonchev–Trinajstić information content (AvgIpc) is 2.30. The molecule has 0 aromatic carbocycles. The number of hydrogen-bond acceptors (Lipinski definition) is 7. The molecule has 0 bridgehead atoms. The Balaban J connectivity index is 2.45. The van der Waals surface area contributed by atoms with Gasteiger partial charge in [-0.05, 0) is 6.42 Å². The molecule has 0 amide bonds. The van der Waals surface area contributed by atoms with Crippen LogP contribution in [0.5, 0.6) is 0 Å². The number of hydrogen-bond donors (Lipinski definition) is 4. The standard InChI is InChI=1S/C10H18O7/c1-2-3-6(11)16-4-5-7(12)8(13)9(14)10(15)17-5/h5,7-10,12-15H,2-4H2,1H3/t5-,7-,8+,9+,10+/m1/s1. The third kappa shape index (κ3) is 3.62. The van der Waals surface area contributed by atoms with Crippen molar-refractivity contribution < 1.29 is 34.7 Å². The van der Waals surface area contributed by atoms with E-state index in [9.17, 15) is 25.2 Å². The predicted octanol–water partition coefficient (Wildman–Crippen LogP) is -1.87. The number of rotatable bonds is 4. The van der Waals surface area contributed by atoms with Crippen molar-refractivity contribution in [1.29, 1.82) is 0 Å². The fourth-order valence-electron chi connectivity index (χ4n) is 1.52. The van der Waals surface area contributed by atoms with E-state index in [1.54, 1.807) is 0 Å². The van der Waals surface area contributed by atoms with Gasteiger partial charge in [0.05, 0.1) is 0 Å². The van der Waals surface area contributed by atoms with Crippen molar-refractivity contribution in [1.82, 2.24) is 0 Å². The van der Waals surface area contributed by atoms with E-state index < -0.39 is 36.7 Å². The quantitative estimate of drug-likeness (QED) is 0.432. The summed E-state index contributed by atoms with van der Waals surface area (Å²) >= 11 is 0. The van der Waals surface area contributed by atoms with E-state index >= 15 is 0 Å². The van der Waals surface area contributed by atoms with Crippen LogP contribution in [-0.2, 0) is 14.3 Å². The lowest BCUT2D eigenvalue weighted by molar-refractivity contribution is -0.287. The summed E-state index contributed by atoms with van der Waals surface area (Å²) in [7, 11) is 0. The van der Waals surface area contributed by atoms with Crippen LogP contribution in [0.2, 0.25) is 0 Å². The Hall–Kier alpha value is -0.730. The Kier molecular flexibility index (Phi) is 5.29. The Labute approximate surface area is 98.6 Å². The molecule has 5 atom stereocenters. The summed E-state index contributed by atoms with van der Waals surface area (Å²) < 4.78 is 9.62. The number of carbonyl (C=O) groups is 1. The van der Waals surface area contributed by atoms with Gasteiger partial charge in [-0.2, -0.15) is 0 Å². The Morgan fingerprint density at radius 2 is 1.82 bits per heavy atom.